The Hall–Kier alpha value is -2.64. The number of ether oxygens (including phenoxy) is 2. The van der Waals surface area contributed by atoms with Crippen LogP contribution < -0.4 is 10.1 Å². The number of methoxy groups -OCH3 is 2. The lowest BCUT2D eigenvalue weighted by Crippen LogP contribution is -2.45. The number of nitro benzene ring substituents is 1. The second-order valence-electron chi connectivity index (χ2n) is 4.86. The van der Waals surface area contributed by atoms with Gasteiger partial charge in [-0.3, -0.25) is 14.9 Å². The van der Waals surface area contributed by atoms with E-state index < -0.39 is 22.8 Å². The minimum atomic E-state index is -0.835. The van der Waals surface area contributed by atoms with E-state index in [9.17, 15) is 19.7 Å². The molecule has 0 aliphatic carbocycles. The number of carbonyl (C=O) groups is 2. The molecule has 0 aromatic heterocycles. The Morgan fingerprint density at radius 3 is 2.36 bits per heavy atom. The number of nitro groups is 1. The fraction of sp³-hybridized carbons (Fsp3) is 0.429. The molecule has 0 heterocycles. The van der Waals surface area contributed by atoms with Gasteiger partial charge in [0.25, 0.3) is 5.91 Å². The molecular formula is C14H18N2O6. The van der Waals surface area contributed by atoms with E-state index >= 15 is 0 Å². The van der Waals surface area contributed by atoms with E-state index in [2.05, 4.69) is 10.1 Å². The van der Waals surface area contributed by atoms with Gasteiger partial charge in [0, 0.05) is 11.6 Å². The van der Waals surface area contributed by atoms with Crippen LogP contribution >= 0.6 is 0 Å². The van der Waals surface area contributed by atoms with Crippen molar-refractivity contribution in [2.24, 2.45) is 5.92 Å². The van der Waals surface area contributed by atoms with Crippen molar-refractivity contribution >= 4 is 17.6 Å². The molecule has 1 aromatic carbocycles. The summed E-state index contributed by atoms with van der Waals surface area (Å²) in [5.74, 6) is -1.32. The molecule has 0 saturated heterocycles. The van der Waals surface area contributed by atoms with E-state index in [4.69, 9.17) is 4.74 Å². The number of hydrogen-bond donors (Lipinski definition) is 1. The first-order valence-electron chi connectivity index (χ1n) is 6.53. The van der Waals surface area contributed by atoms with Crippen molar-refractivity contribution in [2.75, 3.05) is 14.2 Å². The molecule has 8 heteroatoms. The van der Waals surface area contributed by atoms with Crippen LogP contribution in [0.25, 0.3) is 0 Å². The molecule has 120 valence electrons. The minimum Gasteiger partial charge on any atom is -0.490 e. The fourth-order valence-electron chi connectivity index (χ4n) is 1.82. The summed E-state index contributed by atoms with van der Waals surface area (Å²) in [7, 11) is 2.52. The summed E-state index contributed by atoms with van der Waals surface area (Å²) in [5, 5.41) is 13.5. The largest absolute Gasteiger partial charge is 0.490 e. The Labute approximate surface area is 127 Å². The smallest absolute Gasteiger partial charge is 0.328 e. The van der Waals surface area contributed by atoms with Crippen LogP contribution in [-0.2, 0) is 9.53 Å². The molecule has 1 N–H and O–H groups in total. The molecule has 1 atom stereocenters. The summed E-state index contributed by atoms with van der Waals surface area (Å²) in [4.78, 5) is 34.1. The van der Waals surface area contributed by atoms with Crippen LogP contribution in [0.3, 0.4) is 0 Å². The van der Waals surface area contributed by atoms with E-state index in [1.807, 2.05) is 0 Å². The lowest BCUT2D eigenvalue weighted by molar-refractivity contribution is -0.385. The van der Waals surface area contributed by atoms with Gasteiger partial charge in [-0.1, -0.05) is 13.8 Å². The van der Waals surface area contributed by atoms with Crippen LogP contribution in [-0.4, -0.2) is 37.1 Å². The van der Waals surface area contributed by atoms with E-state index in [1.54, 1.807) is 13.8 Å². The Balaban J connectivity index is 3.05. The number of rotatable bonds is 6. The molecule has 0 fully saturated rings. The monoisotopic (exact) mass is 310 g/mol. The molecule has 0 saturated carbocycles. The molecular weight excluding hydrogens is 292 g/mol. The molecule has 22 heavy (non-hydrogen) atoms. The zero-order chi connectivity index (χ0) is 16.9. The van der Waals surface area contributed by atoms with Crippen LogP contribution in [0.2, 0.25) is 0 Å². The van der Waals surface area contributed by atoms with Gasteiger partial charge in [0.1, 0.15) is 6.04 Å². The molecule has 1 aromatic rings. The predicted molar refractivity (Wildman–Crippen MR) is 77.8 cm³/mol. The summed E-state index contributed by atoms with van der Waals surface area (Å²) >= 11 is 0. The number of nitrogens with one attached hydrogen (secondary N) is 1. The summed E-state index contributed by atoms with van der Waals surface area (Å²) in [6.07, 6.45) is 0. The van der Waals surface area contributed by atoms with E-state index in [-0.39, 0.29) is 22.9 Å². The normalized spacial score (nSPS) is 11.7. The molecule has 0 bridgehead atoms. The third-order valence-corrected chi connectivity index (χ3v) is 3.05. The van der Waals surface area contributed by atoms with Crippen LogP contribution in [0.4, 0.5) is 5.69 Å². The standard InChI is InChI=1S/C14H18N2O6/c1-8(2)12(14(18)22-4)15-13(17)9-5-6-11(21-3)10(7-9)16(19)20/h5-8,12H,1-4H3,(H,15,17). The molecule has 8 nitrogen and oxygen atoms in total. The zero-order valence-corrected chi connectivity index (χ0v) is 12.8. The van der Waals surface area contributed by atoms with Crippen LogP contribution in [0, 0.1) is 16.0 Å². The van der Waals surface area contributed by atoms with Gasteiger partial charge < -0.3 is 14.8 Å². The number of nitrogens with zero attached hydrogens (tertiary/aromatic N) is 1. The van der Waals surface area contributed by atoms with Crippen molar-refractivity contribution in [2.45, 2.75) is 19.9 Å². The van der Waals surface area contributed by atoms with Crippen molar-refractivity contribution in [3.63, 3.8) is 0 Å². The Bertz CT molecular complexity index is 585. The van der Waals surface area contributed by atoms with Crippen molar-refractivity contribution in [3.8, 4) is 5.75 Å². The van der Waals surface area contributed by atoms with Gasteiger partial charge in [-0.15, -0.1) is 0 Å². The molecule has 1 unspecified atom stereocenters. The highest BCUT2D eigenvalue weighted by molar-refractivity contribution is 5.97. The Kier molecular flexibility index (Phi) is 5.85. The average Bonchev–Trinajstić information content (AvgIpc) is 2.50. The first-order chi connectivity index (χ1) is 10.3. The van der Waals surface area contributed by atoms with E-state index in [1.165, 1.54) is 26.4 Å². The first-order valence-corrected chi connectivity index (χ1v) is 6.53. The van der Waals surface area contributed by atoms with Crippen LogP contribution in [0.15, 0.2) is 18.2 Å². The number of amides is 1. The van der Waals surface area contributed by atoms with Gasteiger partial charge in [-0.25, -0.2) is 4.79 Å². The lowest BCUT2D eigenvalue weighted by Gasteiger charge is -2.19. The van der Waals surface area contributed by atoms with Gasteiger partial charge in [-0.05, 0) is 18.1 Å². The van der Waals surface area contributed by atoms with Crippen LogP contribution in [0.5, 0.6) is 5.75 Å². The number of carbonyl (C=O) groups excluding carboxylic acids is 2. The second kappa shape index (κ2) is 7.39. The van der Waals surface area contributed by atoms with Crippen molar-refractivity contribution < 1.29 is 24.0 Å². The average molecular weight is 310 g/mol. The fourth-order valence-corrected chi connectivity index (χ4v) is 1.82. The van der Waals surface area contributed by atoms with Crippen molar-refractivity contribution in [1.29, 1.82) is 0 Å². The summed E-state index contributed by atoms with van der Waals surface area (Å²) in [5.41, 5.74) is -0.267. The first kappa shape index (κ1) is 17.4. The molecule has 0 spiro atoms. The van der Waals surface area contributed by atoms with Gasteiger partial charge in [0.05, 0.1) is 19.1 Å². The zero-order valence-electron chi connectivity index (χ0n) is 12.8. The number of benzene rings is 1. The highest BCUT2D eigenvalue weighted by Crippen LogP contribution is 2.27. The third-order valence-electron chi connectivity index (χ3n) is 3.05. The highest BCUT2D eigenvalue weighted by Gasteiger charge is 2.26. The second-order valence-corrected chi connectivity index (χ2v) is 4.86. The molecule has 1 amide bonds. The van der Waals surface area contributed by atoms with Crippen molar-refractivity contribution in [3.05, 3.63) is 33.9 Å². The Morgan fingerprint density at radius 1 is 1.27 bits per heavy atom. The van der Waals surface area contributed by atoms with Gasteiger partial charge in [0.15, 0.2) is 5.75 Å². The lowest BCUT2D eigenvalue weighted by atomic mass is 10.0. The third kappa shape index (κ3) is 3.94. The molecule has 1 rings (SSSR count). The maximum atomic E-state index is 12.2. The van der Waals surface area contributed by atoms with Gasteiger partial charge >= 0.3 is 11.7 Å². The van der Waals surface area contributed by atoms with Gasteiger partial charge in [-0.2, -0.15) is 0 Å². The number of esters is 1. The molecule has 0 aliphatic rings. The molecule has 0 radical (unpaired) electrons. The summed E-state index contributed by atoms with van der Waals surface area (Å²) in [6.45, 7) is 3.50. The van der Waals surface area contributed by atoms with E-state index in [0.29, 0.717) is 0 Å². The maximum absolute atomic E-state index is 12.2. The Morgan fingerprint density at radius 2 is 1.91 bits per heavy atom. The predicted octanol–water partition coefficient (Wildman–Crippen LogP) is 1.53. The summed E-state index contributed by atoms with van der Waals surface area (Å²) < 4.78 is 9.50. The van der Waals surface area contributed by atoms with Gasteiger partial charge in [0.2, 0.25) is 0 Å². The summed E-state index contributed by atoms with van der Waals surface area (Å²) in [6, 6.07) is 2.98. The topological polar surface area (TPSA) is 108 Å². The maximum Gasteiger partial charge on any atom is 0.328 e. The van der Waals surface area contributed by atoms with Crippen molar-refractivity contribution in [1.82, 2.24) is 5.32 Å². The quantitative estimate of drug-likeness (QED) is 0.485. The molecule has 0 aliphatic heterocycles. The SMILES string of the molecule is COC(=O)C(NC(=O)c1ccc(OC)c([N+](=O)[O-])c1)C(C)C. The highest BCUT2D eigenvalue weighted by atomic mass is 16.6. The number of hydrogen-bond acceptors (Lipinski definition) is 6. The van der Waals surface area contributed by atoms with Crippen LogP contribution in [0.1, 0.15) is 24.2 Å². The van der Waals surface area contributed by atoms with E-state index in [0.717, 1.165) is 6.07 Å². The minimum absolute atomic E-state index is 0.0509.